The number of carbonyl (C=O) groups is 3. The molecule has 1 N–H and O–H groups in total. The second-order valence-electron chi connectivity index (χ2n) is 8.11. The van der Waals surface area contributed by atoms with E-state index in [2.05, 4.69) is 17.2 Å². The fraction of sp³-hybridized carbons (Fsp3) is 0.600. The average molecular weight is 370 g/mol. The largest absolute Gasteiger partial charge is 0.334 e. The highest BCUT2D eigenvalue weighted by atomic mass is 16.2. The van der Waals surface area contributed by atoms with Crippen molar-refractivity contribution in [2.75, 3.05) is 13.1 Å². The number of rotatable bonds is 3. The number of urea groups is 1. The van der Waals surface area contributed by atoms with Crippen molar-refractivity contribution in [3.05, 3.63) is 30.1 Å². The fourth-order valence-corrected chi connectivity index (χ4v) is 4.64. The van der Waals surface area contributed by atoms with Gasteiger partial charge in [-0.25, -0.2) is 4.79 Å². The molecule has 3 fully saturated rings. The van der Waals surface area contributed by atoms with Crippen molar-refractivity contribution >= 4 is 17.8 Å². The van der Waals surface area contributed by atoms with Crippen LogP contribution in [0.3, 0.4) is 0 Å². The number of likely N-dealkylation sites (tertiary alicyclic amines) is 1. The van der Waals surface area contributed by atoms with Crippen molar-refractivity contribution in [3.8, 4) is 0 Å². The molecule has 1 aromatic heterocycles. The highest BCUT2D eigenvalue weighted by Crippen LogP contribution is 2.37. The molecule has 3 heterocycles. The number of nitrogens with one attached hydrogen (secondary N) is 1. The summed E-state index contributed by atoms with van der Waals surface area (Å²) in [7, 11) is 0. The maximum Gasteiger partial charge on any atom is 0.325 e. The predicted molar refractivity (Wildman–Crippen MR) is 98.5 cm³/mol. The summed E-state index contributed by atoms with van der Waals surface area (Å²) in [5, 5.41) is 2.89. The molecule has 1 aliphatic carbocycles. The van der Waals surface area contributed by atoms with Crippen molar-refractivity contribution < 1.29 is 14.4 Å². The molecule has 0 aromatic carbocycles. The van der Waals surface area contributed by atoms with Crippen LogP contribution in [0.25, 0.3) is 0 Å². The Labute approximate surface area is 159 Å². The van der Waals surface area contributed by atoms with E-state index < -0.39 is 11.6 Å². The second kappa shape index (κ2) is 6.94. The van der Waals surface area contributed by atoms with E-state index >= 15 is 0 Å². The van der Waals surface area contributed by atoms with Crippen molar-refractivity contribution in [1.82, 2.24) is 20.1 Å². The summed E-state index contributed by atoms with van der Waals surface area (Å²) in [4.78, 5) is 45.3. The van der Waals surface area contributed by atoms with E-state index in [1.54, 1.807) is 17.3 Å². The summed E-state index contributed by atoms with van der Waals surface area (Å²) in [5.74, 6) is 0.174. The summed E-state index contributed by atoms with van der Waals surface area (Å²) < 4.78 is 0. The first-order chi connectivity index (χ1) is 13.0. The van der Waals surface area contributed by atoms with Crippen LogP contribution in [0.1, 0.15) is 57.1 Å². The lowest BCUT2D eigenvalue weighted by atomic mass is 9.77. The van der Waals surface area contributed by atoms with Gasteiger partial charge in [0.25, 0.3) is 5.91 Å². The molecule has 4 rings (SSSR count). The zero-order valence-corrected chi connectivity index (χ0v) is 15.7. The third-order valence-electron chi connectivity index (χ3n) is 6.33. The van der Waals surface area contributed by atoms with E-state index in [-0.39, 0.29) is 24.4 Å². The molecular formula is C20H26N4O3. The number of carbonyl (C=O) groups excluding carboxylic acids is 3. The molecule has 2 saturated heterocycles. The highest BCUT2D eigenvalue weighted by molar-refractivity contribution is 6.09. The maximum absolute atomic E-state index is 13.0. The van der Waals surface area contributed by atoms with Gasteiger partial charge in [0.1, 0.15) is 12.1 Å². The van der Waals surface area contributed by atoms with E-state index in [1.165, 1.54) is 0 Å². The molecule has 4 amide bonds. The highest BCUT2D eigenvalue weighted by Gasteiger charge is 2.52. The van der Waals surface area contributed by atoms with E-state index in [9.17, 15) is 14.4 Å². The number of amides is 4. The quantitative estimate of drug-likeness (QED) is 0.827. The first-order valence-electron chi connectivity index (χ1n) is 9.84. The minimum Gasteiger partial charge on any atom is -0.334 e. The molecule has 3 aliphatic rings. The van der Waals surface area contributed by atoms with E-state index in [0.717, 1.165) is 36.1 Å². The van der Waals surface area contributed by atoms with Crippen LogP contribution in [0, 0.1) is 5.92 Å². The van der Waals surface area contributed by atoms with Gasteiger partial charge < -0.3 is 10.2 Å². The number of pyridine rings is 1. The predicted octanol–water partition coefficient (Wildman–Crippen LogP) is 2.25. The second-order valence-corrected chi connectivity index (χ2v) is 8.11. The first-order valence-corrected chi connectivity index (χ1v) is 9.84. The van der Waals surface area contributed by atoms with Crippen molar-refractivity contribution in [1.29, 1.82) is 0 Å². The SMILES string of the molecule is CC1CCC2(CC1)NC(=O)N(CC(=O)N1CCCC1c1ccncc1)C2=O. The van der Waals surface area contributed by atoms with Crippen molar-refractivity contribution in [3.63, 3.8) is 0 Å². The Hall–Kier alpha value is -2.44. The molecular weight excluding hydrogens is 344 g/mol. The molecule has 1 atom stereocenters. The lowest BCUT2D eigenvalue weighted by Gasteiger charge is -2.33. The molecule has 1 spiro atoms. The van der Waals surface area contributed by atoms with Gasteiger partial charge in [0, 0.05) is 18.9 Å². The molecule has 1 aromatic rings. The van der Waals surface area contributed by atoms with Crippen molar-refractivity contribution in [2.45, 2.75) is 57.0 Å². The van der Waals surface area contributed by atoms with Crippen LogP contribution >= 0.6 is 0 Å². The summed E-state index contributed by atoms with van der Waals surface area (Å²) in [6.45, 7) is 2.64. The van der Waals surface area contributed by atoms with Gasteiger partial charge in [0.2, 0.25) is 5.91 Å². The monoisotopic (exact) mass is 370 g/mol. The number of imide groups is 1. The Kier molecular flexibility index (Phi) is 4.61. The average Bonchev–Trinajstić information content (AvgIpc) is 3.25. The third-order valence-corrected chi connectivity index (χ3v) is 6.33. The minimum atomic E-state index is -0.792. The Morgan fingerprint density at radius 1 is 1.22 bits per heavy atom. The van der Waals surface area contributed by atoms with Gasteiger partial charge in [0.05, 0.1) is 6.04 Å². The Morgan fingerprint density at radius 3 is 2.63 bits per heavy atom. The fourth-order valence-electron chi connectivity index (χ4n) is 4.64. The summed E-state index contributed by atoms with van der Waals surface area (Å²) in [6.07, 6.45) is 8.41. The molecule has 0 bridgehead atoms. The molecule has 1 saturated carbocycles. The molecule has 7 heteroatoms. The first kappa shape index (κ1) is 17.9. The normalized spacial score (nSPS) is 30.9. The molecule has 144 valence electrons. The summed E-state index contributed by atoms with van der Waals surface area (Å²) >= 11 is 0. The van der Waals surface area contributed by atoms with Gasteiger partial charge in [-0.1, -0.05) is 6.92 Å². The van der Waals surface area contributed by atoms with E-state index in [0.29, 0.717) is 25.3 Å². The molecule has 27 heavy (non-hydrogen) atoms. The van der Waals surface area contributed by atoms with Gasteiger partial charge in [0.15, 0.2) is 0 Å². The third kappa shape index (κ3) is 3.19. The van der Waals surface area contributed by atoms with Crippen LogP contribution in [-0.2, 0) is 9.59 Å². The lowest BCUT2D eigenvalue weighted by Crippen LogP contribution is -2.50. The number of nitrogens with zero attached hydrogens (tertiary/aromatic N) is 3. The van der Waals surface area contributed by atoms with Gasteiger partial charge in [-0.15, -0.1) is 0 Å². The zero-order chi connectivity index (χ0) is 19.0. The van der Waals surface area contributed by atoms with Gasteiger partial charge >= 0.3 is 6.03 Å². The summed E-state index contributed by atoms with van der Waals surface area (Å²) in [5.41, 5.74) is 0.255. The van der Waals surface area contributed by atoms with Crippen LogP contribution in [0.2, 0.25) is 0 Å². The molecule has 0 radical (unpaired) electrons. The Balaban J connectivity index is 1.46. The van der Waals surface area contributed by atoms with Crippen LogP contribution in [0.4, 0.5) is 4.79 Å². The Bertz CT molecular complexity index is 743. The van der Waals surface area contributed by atoms with Crippen molar-refractivity contribution in [2.24, 2.45) is 5.92 Å². The molecule has 7 nitrogen and oxygen atoms in total. The van der Waals surface area contributed by atoms with E-state index in [1.807, 2.05) is 12.1 Å². The van der Waals surface area contributed by atoms with E-state index in [4.69, 9.17) is 0 Å². The Morgan fingerprint density at radius 2 is 1.93 bits per heavy atom. The zero-order valence-electron chi connectivity index (χ0n) is 15.7. The van der Waals surface area contributed by atoms with Gasteiger partial charge in [-0.3, -0.25) is 19.5 Å². The maximum atomic E-state index is 13.0. The van der Waals surface area contributed by atoms with Crippen LogP contribution in [0.15, 0.2) is 24.5 Å². The lowest BCUT2D eigenvalue weighted by molar-refractivity contribution is -0.140. The van der Waals surface area contributed by atoms with Gasteiger partial charge in [-0.2, -0.15) is 0 Å². The smallest absolute Gasteiger partial charge is 0.325 e. The standard InChI is InChI=1S/C20H26N4O3/c1-14-4-8-20(9-5-14)18(26)24(19(27)22-20)13-17(25)23-12-2-3-16(23)15-6-10-21-11-7-15/h6-7,10-11,14,16H,2-5,8-9,12-13H2,1H3,(H,22,27). The molecule has 1 unspecified atom stereocenters. The number of hydrogen-bond donors (Lipinski definition) is 1. The van der Waals surface area contributed by atoms with Gasteiger partial charge in [-0.05, 0) is 62.1 Å². The number of hydrogen-bond acceptors (Lipinski definition) is 4. The summed E-state index contributed by atoms with van der Waals surface area (Å²) in [6, 6.07) is 3.40. The number of aromatic nitrogens is 1. The van der Waals surface area contributed by atoms with Crippen LogP contribution < -0.4 is 5.32 Å². The molecule has 2 aliphatic heterocycles. The topological polar surface area (TPSA) is 82.6 Å². The minimum absolute atomic E-state index is 0.00856. The van der Waals surface area contributed by atoms with Crippen LogP contribution in [-0.4, -0.2) is 51.3 Å². The van der Waals surface area contributed by atoms with Crippen LogP contribution in [0.5, 0.6) is 0 Å².